The van der Waals surface area contributed by atoms with Crippen LogP contribution in [0.2, 0.25) is 0 Å². The van der Waals surface area contributed by atoms with Crippen molar-refractivity contribution in [2.24, 2.45) is 0 Å². The number of pyridine rings is 1. The smallest absolute Gasteiger partial charge is 0.172 e. The summed E-state index contributed by atoms with van der Waals surface area (Å²) in [6.07, 6.45) is 5.14. The normalized spacial score (nSPS) is 11.1. The lowest BCUT2D eigenvalue weighted by atomic mass is 10.1. The third-order valence-electron chi connectivity index (χ3n) is 3.80. The number of halogens is 2. The fourth-order valence-corrected chi connectivity index (χ4v) is 3.64. The Morgan fingerprint density at radius 1 is 0.920 bits per heavy atom. The summed E-state index contributed by atoms with van der Waals surface area (Å²) in [6.45, 7) is 0. The fraction of sp³-hybridized carbons (Fsp3) is 0.0526. The molecule has 2 heterocycles. The predicted molar refractivity (Wildman–Crippen MR) is 94.8 cm³/mol. The lowest BCUT2D eigenvalue weighted by Crippen LogP contribution is -1.96. The van der Waals surface area contributed by atoms with E-state index in [1.165, 1.54) is 36.0 Å². The Kier molecular flexibility index (Phi) is 4.19. The number of thioether (sulfide) groups is 1. The van der Waals surface area contributed by atoms with E-state index in [4.69, 9.17) is 0 Å². The van der Waals surface area contributed by atoms with Gasteiger partial charge < -0.3 is 0 Å². The summed E-state index contributed by atoms with van der Waals surface area (Å²) in [6, 6.07) is 12.9. The molecule has 0 aliphatic rings. The minimum Gasteiger partial charge on any atom is -0.295 e. The zero-order valence-electron chi connectivity index (χ0n) is 13.1. The minimum atomic E-state index is -0.303. The Bertz CT molecular complexity index is 1050. The van der Waals surface area contributed by atoms with Gasteiger partial charge in [0, 0.05) is 29.7 Å². The summed E-state index contributed by atoms with van der Waals surface area (Å²) >= 11 is 1.45. The number of benzene rings is 2. The molecule has 2 aromatic carbocycles. The highest BCUT2D eigenvalue weighted by atomic mass is 32.2. The third-order valence-corrected chi connectivity index (χ3v) is 4.81. The Morgan fingerprint density at radius 2 is 1.84 bits per heavy atom. The minimum absolute atomic E-state index is 0.287. The van der Waals surface area contributed by atoms with Crippen molar-refractivity contribution < 1.29 is 8.78 Å². The summed E-state index contributed by atoms with van der Waals surface area (Å²) in [5, 5.41) is 1.48. The summed E-state index contributed by atoms with van der Waals surface area (Å²) in [7, 11) is 0. The van der Waals surface area contributed by atoms with Gasteiger partial charge in [-0.2, -0.15) is 0 Å². The summed E-state index contributed by atoms with van der Waals surface area (Å²) < 4.78 is 29.1. The van der Waals surface area contributed by atoms with Crippen molar-refractivity contribution in [1.29, 1.82) is 0 Å². The van der Waals surface area contributed by atoms with Crippen molar-refractivity contribution in [1.82, 2.24) is 14.5 Å². The molecule has 0 amide bonds. The highest BCUT2D eigenvalue weighted by molar-refractivity contribution is 7.98. The Morgan fingerprint density at radius 3 is 2.72 bits per heavy atom. The van der Waals surface area contributed by atoms with Gasteiger partial charge >= 0.3 is 0 Å². The van der Waals surface area contributed by atoms with Crippen LogP contribution in [0.3, 0.4) is 0 Å². The molecule has 25 heavy (non-hydrogen) atoms. The van der Waals surface area contributed by atoms with Crippen LogP contribution in [0, 0.1) is 11.6 Å². The highest BCUT2D eigenvalue weighted by Gasteiger charge is 2.10. The van der Waals surface area contributed by atoms with Crippen LogP contribution >= 0.6 is 11.8 Å². The second kappa shape index (κ2) is 6.64. The first kappa shape index (κ1) is 15.8. The van der Waals surface area contributed by atoms with Crippen LogP contribution in [-0.4, -0.2) is 14.5 Å². The van der Waals surface area contributed by atoms with Gasteiger partial charge in [0.2, 0.25) is 0 Å². The maximum atomic E-state index is 13.9. The topological polar surface area (TPSA) is 30.7 Å². The Hall–Kier alpha value is -2.73. The molecule has 0 atom stereocenters. The molecule has 124 valence electrons. The van der Waals surface area contributed by atoms with E-state index in [2.05, 4.69) is 9.97 Å². The average Bonchev–Trinajstić information content (AvgIpc) is 3.08. The first-order chi connectivity index (χ1) is 12.2. The number of hydrogen-bond donors (Lipinski definition) is 0. The Balaban J connectivity index is 1.64. The molecule has 0 saturated carbocycles. The number of rotatable bonds is 4. The molecular weight excluding hydrogens is 340 g/mol. The van der Waals surface area contributed by atoms with E-state index in [0.29, 0.717) is 16.6 Å². The Labute approximate surface area is 147 Å². The monoisotopic (exact) mass is 353 g/mol. The summed E-state index contributed by atoms with van der Waals surface area (Å²) in [5.74, 6) is -0.0792. The van der Waals surface area contributed by atoms with E-state index in [9.17, 15) is 8.78 Å². The van der Waals surface area contributed by atoms with E-state index in [1.807, 2.05) is 16.7 Å². The van der Waals surface area contributed by atoms with Crippen molar-refractivity contribution in [3.8, 4) is 5.69 Å². The SMILES string of the molecule is Fc1cccc(-n2ccnc2SCc2cc(F)cc3cccnc23)c1. The second-order valence-corrected chi connectivity index (χ2v) is 6.43. The number of hydrogen-bond acceptors (Lipinski definition) is 3. The molecule has 2 aromatic heterocycles. The van der Waals surface area contributed by atoms with Crippen molar-refractivity contribution in [3.05, 3.63) is 84.3 Å². The van der Waals surface area contributed by atoms with Crippen molar-refractivity contribution in [3.63, 3.8) is 0 Å². The number of fused-ring (bicyclic) bond motifs is 1. The lowest BCUT2D eigenvalue weighted by Gasteiger charge is -2.09. The number of nitrogens with zero attached hydrogens (tertiary/aromatic N) is 3. The van der Waals surface area contributed by atoms with Crippen molar-refractivity contribution >= 4 is 22.7 Å². The lowest BCUT2D eigenvalue weighted by molar-refractivity contribution is 0.625. The molecule has 0 bridgehead atoms. The molecule has 6 heteroatoms. The molecular formula is C19H13F2N3S. The van der Waals surface area contributed by atoms with Crippen LogP contribution in [0.15, 0.2) is 72.3 Å². The van der Waals surface area contributed by atoms with E-state index < -0.39 is 0 Å². The molecule has 4 rings (SSSR count). The predicted octanol–water partition coefficient (Wildman–Crippen LogP) is 4.99. The van der Waals surface area contributed by atoms with E-state index >= 15 is 0 Å². The van der Waals surface area contributed by atoms with Gasteiger partial charge in [-0.1, -0.05) is 23.9 Å². The molecule has 0 N–H and O–H groups in total. The molecule has 0 radical (unpaired) electrons. The molecule has 0 unspecified atom stereocenters. The van der Waals surface area contributed by atoms with Gasteiger partial charge in [-0.3, -0.25) is 9.55 Å². The zero-order chi connectivity index (χ0) is 17.2. The molecule has 4 aromatic rings. The van der Waals surface area contributed by atoms with Gasteiger partial charge in [-0.15, -0.1) is 0 Å². The van der Waals surface area contributed by atoms with E-state index in [0.717, 1.165) is 16.5 Å². The van der Waals surface area contributed by atoms with Crippen LogP contribution in [-0.2, 0) is 5.75 Å². The van der Waals surface area contributed by atoms with Crippen LogP contribution in [0.1, 0.15) is 5.56 Å². The molecule has 0 spiro atoms. The largest absolute Gasteiger partial charge is 0.295 e. The van der Waals surface area contributed by atoms with Crippen molar-refractivity contribution in [2.75, 3.05) is 0 Å². The van der Waals surface area contributed by atoms with Crippen LogP contribution in [0.4, 0.5) is 8.78 Å². The second-order valence-electron chi connectivity index (χ2n) is 5.49. The van der Waals surface area contributed by atoms with Gasteiger partial charge in [0.1, 0.15) is 11.6 Å². The zero-order valence-corrected chi connectivity index (χ0v) is 13.9. The van der Waals surface area contributed by atoms with Crippen molar-refractivity contribution in [2.45, 2.75) is 10.9 Å². The maximum Gasteiger partial charge on any atom is 0.172 e. The van der Waals surface area contributed by atoms with Gasteiger partial charge in [-0.25, -0.2) is 13.8 Å². The summed E-state index contributed by atoms with van der Waals surface area (Å²) in [4.78, 5) is 8.69. The van der Waals surface area contributed by atoms with E-state index in [1.54, 1.807) is 30.7 Å². The van der Waals surface area contributed by atoms with Gasteiger partial charge in [0.15, 0.2) is 5.16 Å². The van der Waals surface area contributed by atoms with Gasteiger partial charge in [0.25, 0.3) is 0 Å². The standard InChI is InChI=1S/C19H13F2N3S/c20-15-4-1-5-17(11-15)24-8-7-23-19(24)25-12-14-10-16(21)9-13-3-2-6-22-18(13)14/h1-11H,12H2. The van der Waals surface area contributed by atoms with E-state index in [-0.39, 0.29) is 11.6 Å². The third kappa shape index (κ3) is 3.25. The first-order valence-electron chi connectivity index (χ1n) is 7.66. The molecule has 0 aliphatic carbocycles. The first-order valence-corrected chi connectivity index (χ1v) is 8.64. The fourth-order valence-electron chi connectivity index (χ4n) is 2.70. The van der Waals surface area contributed by atoms with Gasteiger partial charge in [0.05, 0.1) is 11.2 Å². The maximum absolute atomic E-state index is 13.9. The quantitative estimate of drug-likeness (QED) is 0.484. The summed E-state index contributed by atoms with van der Waals surface area (Å²) in [5.41, 5.74) is 2.27. The van der Waals surface area contributed by atoms with Crippen LogP contribution in [0.25, 0.3) is 16.6 Å². The number of aromatic nitrogens is 3. The highest BCUT2D eigenvalue weighted by Crippen LogP contribution is 2.28. The average molecular weight is 353 g/mol. The van der Waals surface area contributed by atoms with Crippen LogP contribution in [0.5, 0.6) is 0 Å². The van der Waals surface area contributed by atoms with Gasteiger partial charge in [-0.05, 0) is 42.0 Å². The molecule has 3 nitrogen and oxygen atoms in total. The molecule has 0 fully saturated rings. The number of imidazole rings is 1. The van der Waals surface area contributed by atoms with Crippen LogP contribution < -0.4 is 0 Å². The molecule has 0 saturated heterocycles. The molecule has 0 aliphatic heterocycles.